The predicted molar refractivity (Wildman–Crippen MR) is 73.7 cm³/mol. The van der Waals surface area contributed by atoms with E-state index in [1.165, 1.54) is 0 Å². The fourth-order valence-corrected chi connectivity index (χ4v) is 3.59. The van der Waals surface area contributed by atoms with E-state index >= 15 is 0 Å². The minimum atomic E-state index is 0.0389. The van der Waals surface area contributed by atoms with Gasteiger partial charge in [0.05, 0.1) is 0 Å². The van der Waals surface area contributed by atoms with E-state index in [4.69, 9.17) is 0 Å². The van der Waals surface area contributed by atoms with Crippen molar-refractivity contribution in [3.8, 4) is 0 Å². The van der Waals surface area contributed by atoms with Crippen molar-refractivity contribution in [2.24, 2.45) is 5.92 Å². The standard InChI is InChI=1S/C12H17N5Se/c1-7-9(8(2)15-14-7)6-13-10-4-3-5-11-12(10)17-18-16-11/h3-5,7-9,13-15H,6H2,1-2H3. The van der Waals surface area contributed by atoms with Gasteiger partial charge in [0.2, 0.25) is 0 Å². The molecule has 1 fully saturated rings. The fourth-order valence-electron chi connectivity index (χ4n) is 2.44. The number of nitrogens with one attached hydrogen (secondary N) is 3. The number of hydrazine groups is 1. The van der Waals surface area contributed by atoms with Gasteiger partial charge >= 0.3 is 112 Å². The third-order valence-corrected chi connectivity index (χ3v) is 4.78. The summed E-state index contributed by atoms with van der Waals surface area (Å²) < 4.78 is 8.89. The molecule has 1 aliphatic heterocycles. The summed E-state index contributed by atoms with van der Waals surface area (Å²) >= 11 is 0.0389. The van der Waals surface area contributed by atoms with Crippen molar-refractivity contribution in [3.63, 3.8) is 0 Å². The Morgan fingerprint density at radius 2 is 2.00 bits per heavy atom. The van der Waals surface area contributed by atoms with Gasteiger partial charge in [0.1, 0.15) is 0 Å². The summed E-state index contributed by atoms with van der Waals surface area (Å²) in [6, 6.07) is 7.12. The molecule has 0 bridgehead atoms. The Morgan fingerprint density at radius 3 is 2.78 bits per heavy atom. The van der Waals surface area contributed by atoms with Crippen LogP contribution < -0.4 is 16.2 Å². The molecule has 2 unspecified atom stereocenters. The van der Waals surface area contributed by atoms with Crippen LogP contribution in [0.4, 0.5) is 5.69 Å². The maximum atomic E-state index is 4.48. The molecule has 2 aromatic rings. The van der Waals surface area contributed by atoms with Crippen molar-refractivity contribution in [2.45, 2.75) is 25.9 Å². The van der Waals surface area contributed by atoms with E-state index in [9.17, 15) is 0 Å². The van der Waals surface area contributed by atoms with Crippen LogP contribution in [0.3, 0.4) is 0 Å². The van der Waals surface area contributed by atoms with Gasteiger partial charge in [-0.05, 0) is 0 Å². The molecule has 18 heavy (non-hydrogen) atoms. The van der Waals surface area contributed by atoms with Crippen LogP contribution in [-0.4, -0.2) is 41.5 Å². The monoisotopic (exact) mass is 311 g/mol. The Morgan fingerprint density at radius 1 is 1.22 bits per heavy atom. The van der Waals surface area contributed by atoms with E-state index in [0.717, 1.165) is 23.3 Å². The second kappa shape index (κ2) is 4.97. The molecule has 0 amide bonds. The van der Waals surface area contributed by atoms with Gasteiger partial charge in [-0.2, -0.15) is 0 Å². The van der Waals surface area contributed by atoms with E-state index in [1.807, 2.05) is 12.1 Å². The van der Waals surface area contributed by atoms with Gasteiger partial charge in [0.25, 0.3) is 0 Å². The summed E-state index contributed by atoms with van der Waals surface area (Å²) in [7, 11) is 0. The van der Waals surface area contributed by atoms with E-state index in [0.29, 0.717) is 18.0 Å². The molecular formula is C12H17N5Se. The molecule has 1 saturated heterocycles. The number of fused-ring (bicyclic) bond motifs is 1. The summed E-state index contributed by atoms with van der Waals surface area (Å²) in [6.45, 7) is 5.36. The van der Waals surface area contributed by atoms with E-state index in [1.54, 1.807) is 0 Å². The summed E-state index contributed by atoms with van der Waals surface area (Å²) in [4.78, 5) is 0. The zero-order valence-electron chi connectivity index (χ0n) is 10.5. The quantitative estimate of drug-likeness (QED) is 0.725. The molecule has 1 aromatic heterocycles. The van der Waals surface area contributed by atoms with Gasteiger partial charge in [-0.15, -0.1) is 0 Å². The van der Waals surface area contributed by atoms with Crippen molar-refractivity contribution in [2.75, 3.05) is 11.9 Å². The molecule has 5 nitrogen and oxygen atoms in total. The molecule has 96 valence electrons. The van der Waals surface area contributed by atoms with Crippen LogP contribution in [0.5, 0.6) is 0 Å². The first kappa shape index (κ1) is 12.1. The third-order valence-electron chi connectivity index (χ3n) is 3.64. The van der Waals surface area contributed by atoms with Crippen LogP contribution in [-0.2, 0) is 0 Å². The number of nitrogens with zero attached hydrogens (tertiary/aromatic N) is 2. The number of aromatic nitrogens is 2. The summed E-state index contributed by atoms with van der Waals surface area (Å²) in [6.07, 6.45) is 0. The van der Waals surface area contributed by atoms with Gasteiger partial charge in [-0.1, -0.05) is 0 Å². The van der Waals surface area contributed by atoms with Crippen LogP contribution in [0.15, 0.2) is 18.2 Å². The number of benzene rings is 1. The summed E-state index contributed by atoms with van der Waals surface area (Å²) in [5, 5.41) is 3.52. The SMILES string of the molecule is CC1NNC(C)C1CNc1cccc2n[se]nc12. The summed E-state index contributed by atoms with van der Waals surface area (Å²) in [5.74, 6) is 0.574. The average Bonchev–Trinajstić information content (AvgIpc) is 2.95. The van der Waals surface area contributed by atoms with Crippen molar-refractivity contribution in [1.29, 1.82) is 0 Å². The minimum absolute atomic E-state index is 0.0389. The zero-order chi connectivity index (χ0) is 12.5. The first-order chi connectivity index (χ1) is 8.75. The normalized spacial score (nSPS) is 27.8. The first-order valence-electron chi connectivity index (χ1n) is 6.22. The van der Waals surface area contributed by atoms with E-state index < -0.39 is 0 Å². The predicted octanol–water partition coefficient (Wildman–Crippen LogP) is 0.600. The van der Waals surface area contributed by atoms with Crippen molar-refractivity contribution in [1.82, 2.24) is 18.8 Å². The molecule has 3 rings (SSSR count). The molecule has 0 radical (unpaired) electrons. The third kappa shape index (κ3) is 2.17. The van der Waals surface area contributed by atoms with Gasteiger partial charge in [0.15, 0.2) is 0 Å². The Bertz CT molecular complexity index is 530. The Hall–Kier alpha value is -0.941. The van der Waals surface area contributed by atoms with Crippen molar-refractivity contribution in [3.05, 3.63) is 18.2 Å². The van der Waals surface area contributed by atoms with Crippen LogP contribution in [0.1, 0.15) is 13.8 Å². The molecule has 2 heterocycles. The Labute approximate surface area is 113 Å². The average molecular weight is 310 g/mol. The maximum absolute atomic E-state index is 4.48. The molecular weight excluding hydrogens is 293 g/mol. The molecule has 1 aromatic carbocycles. The van der Waals surface area contributed by atoms with E-state index in [2.05, 4.69) is 44.0 Å². The van der Waals surface area contributed by atoms with Crippen molar-refractivity contribution < 1.29 is 0 Å². The number of hydrogen-bond acceptors (Lipinski definition) is 5. The first-order valence-corrected chi connectivity index (χ1v) is 7.75. The van der Waals surface area contributed by atoms with Crippen molar-refractivity contribution >= 4 is 31.7 Å². The Balaban J connectivity index is 1.75. The topological polar surface area (TPSA) is 61.9 Å². The van der Waals surface area contributed by atoms with Gasteiger partial charge < -0.3 is 0 Å². The zero-order valence-corrected chi connectivity index (χ0v) is 12.2. The van der Waals surface area contributed by atoms with Crippen LogP contribution >= 0.6 is 0 Å². The van der Waals surface area contributed by atoms with E-state index in [-0.39, 0.29) is 15.0 Å². The molecule has 2 atom stereocenters. The summed E-state index contributed by atoms with van der Waals surface area (Å²) in [5.41, 5.74) is 9.74. The Kier molecular flexibility index (Phi) is 3.35. The molecule has 0 spiro atoms. The second-order valence-electron chi connectivity index (χ2n) is 4.85. The molecule has 3 N–H and O–H groups in total. The molecule has 6 heteroatoms. The number of anilines is 1. The van der Waals surface area contributed by atoms with Crippen LogP contribution in [0.2, 0.25) is 0 Å². The molecule has 0 aliphatic carbocycles. The molecule has 1 aliphatic rings. The number of rotatable bonds is 3. The van der Waals surface area contributed by atoms with Gasteiger partial charge in [-0.25, -0.2) is 0 Å². The fraction of sp³-hybridized carbons (Fsp3) is 0.500. The van der Waals surface area contributed by atoms with Gasteiger partial charge in [0, 0.05) is 0 Å². The van der Waals surface area contributed by atoms with Crippen LogP contribution in [0.25, 0.3) is 11.0 Å². The number of hydrogen-bond donors (Lipinski definition) is 3. The van der Waals surface area contributed by atoms with Crippen LogP contribution in [0, 0.1) is 5.92 Å². The molecule has 0 saturated carbocycles. The van der Waals surface area contributed by atoms with Gasteiger partial charge in [-0.3, -0.25) is 0 Å². The second-order valence-corrected chi connectivity index (χ2v) is 5.96.